The Bertz CT molecular complexity index is 1720. The molecule has 2 fully saturated rings. The predicted octanol–water partition coefficient (Wildman–Crippen LogP) is 9.04. The molecule has 0 saturated heterocycles. The number of nitrogens with zero attached hydrogens (tertiary/aromatic N) is 2. The number of nitrogens with one attached hydrogen (secondary N) is 3. The van der Waals surface area contributed by atoms with Gasteiger partial charge in [0.15, 0.2) is 0 Å². The monoisotopic (exact) mass is 647 g/mol. The molecule has 254 valence electrons. The quantitative estimate of drug-likeness (QED) is 0.216. The van der Waals surface area contributed by atoms with E-state index < -0.39 is 10.8 Å². The van der Waals surface area contributed by atoms with Crippen LogP contribution in [0, 0.1) is 21.7 Å². The van der Waals surface area contributed by atoms with Crippen molar-refractivity contribution < 1.29 is 9.59 Å². The van der Waals surface area contributed by atoms with Gasteiger partial charge in [0.25, 0.3) is 0 Å². The third-order valence-electron chi connectivity index (χ3n) is 11.0. The highest BCUT2D eigenvalue weighted by atomic mass is 16.2. The van der Waals surface area contributed by atoms with Crippen LogP contribution in [0.15, 0.2) is 65.9 Å². The number of aliphatic imine (C=N–C) groups is 1. The van der Waals surface area contributed by atoms with E-state index in [2.05, 4.69) is 78.0 Å². The summed E-state index contributed by atoms with van der Waals surface area (Å²) >= 11 is 0. The number of rotatable bonds is 9. The summed E-state index contributed by atoms with van der Waals surface area (Å²) < 4.78 is 0. The van der Waals surface area contributed by atoms with Gasteiger partial charge >= 0.3 is 0 Å². The van der Waals surface area contributed by atoms with Crippen LogP contribution >= 0.6 is 0 Å². The van der Waals surface area contributed by atoms with Crippen molar-refractivity contribution in [3.63, 3.8) is 0 Å². The number of hydrogen-bond donors (Lipinski definition) is 3. The minimum absolute atomic E-state index is 0.00688. The maximum atomic E-state index is 13.0. The Morgan fingerprint density at radius 3 is 1.65 bits per heavy atom. The highest BCUT2D eigenvalue weighted by molar-refractivity contribution is 6.04. The van der Waals surface area contributed by atoms with Crippen molar-refractivity contribution in [2.24, 2.45) is 26.7 Å². The summed E-state index contributed by atoms with van der Waals surface area (Å²) in [5, 5.41) is 6.67. The lowest BCUT2D eigenvalue weighted by Gasteiger charge is -2.46. The van der Waals surface area contributed by atoms with Crippen molar-refractivity contribution in [3.05, 3.63) is 72.3 Å². The molecule has 7 nitrogen and oxygen atoms in total. The molecule has 6 rings (SSSR count). The number of carbonyl (C=O) groups is 2. The number of carbonyl (C=O) groups excluding carboxylic acids is 2. The molecule has 7 heteroatoms. The van der Waals surface area contributed by atoms with Crippen molar-refractivity contribution in [3.8, 4) is 22.4 Å². The average molecular weight is 648 g/mol. The molecule has 3 N–H and O–H groups in total. The molecule has 2 unspecified atom stereocenters. The summed E-state index contributed by atoms with van der Waals surface area (Å²) in [6, 6.07) is 17.1. The summed E-state index contributed by atoms with van der Waals surface area (Å²) in [6.45, 7) is 16.3. The number of benzene rings is 2. The largest absolute Gasteiger partial charge is 0.347 e. The summed E-state index contributed by atoms with van der Waals surface area (Å²) in [5.41, 5.74) is 6.88. The molecule has 2 aliphatic carbocycles. The third-order valence-corrected chi connectivity index (χ3v) is 11.0. The molecule has 1 aliphatic heterocycles. The molecule has 2 aromatic carbocycles. The topological polar surface area (TPSA) is 99.2 Å². The van der Waals surface area contributed by atoms with Crippen molar-refractivity contribution in [1.82, 2.24) is 20.6 Å². The first-order valence-corrected chi connectivity index (χ1v) is 17.7. The number of allylic oxidation sites excluding steroid dienone is 1. The normalized spacial score (nSPS) is 19.7. The second kappa shape index (κ2) is 12.5. The molecule has 0 radical (unpaired) electrons. The second-order valence-corrected chi connectivity index (χ2v) is 17.1. The Labute approximate surface area is 286 Å². The SMILES string of the molecule is CC(C)(C)C(=O)NC(C1=NC=C(c2ccc(-c3ccc(-c4cnc(C(NC(=O)C(C)(C)C)C5(C)CCC5)[nH]4)cc3)cc2)C1)C1(C)CCC1. The first-order valence-electron chi connectivity index (χ1n) is 17.7. The zero-order valence-corrected chi connectivity index (χ0v) is 30.1. The number of aromatic amines is 1. The smallest absolute Gasteiger partial charge is 0.225 e. The van der Waals surface area contributed by atoms with Gasteiger partial charge in [0, 0.05) is 29.2 Å². The first kappa shape index (κ1) is 33.9. The molecule has 48 heavy (non-hydrogen) atoms. The van der Waals surface area contributed by atoms with Crippen LogP contribution in [0.4, 0.5) is 0 Å². The molecule has 0 spiro atoms. The van der Waals surface area contributed by atoms with Crippen LogP contribution in [0.2, 0.25) is 0 Å². The van der Waals surface area contributed by atoms with Gasteiger partial charge in [-0.15, -0.1) is 0 Å². The lowest BCUT2D eigenvalue weighted by molar-refractivity contribution is -0.131. The maximum absolute atomic E-state index is 13.0. The Balaban J connectivity index is 1.12. The fourth-order valence-electron chi connectivity index (χ4n) is 7.12. The molecule has 3 aliphatic rings. The van der Waals surface area contributed by atoms with Gasteiger partial charge in [-0.2, -0.15) is 0 Å². The Kier molecular flexibility index (Phi) is 8.80. The fraction of sp³-hybridized carbons (Fsp3) is 0.512. The molecule has 1 aromatic heterocycles. The third kappa shape index (κ3) is 6.79. The van der Waals surface area contributed by atoms with E-state index in [-0.39, 0.29) is 34.7 Å². The van der Waals surface area contributed by atoms with Gasteiger partial charge in [0.2, 0.25) is 11.8 Å². The van der Waals surface area contributed by atoms with E-state index in [4.69, 9.17) is 9.98 Å². The van der Waals surface area contributed by atoms with Crippen molar-refractivity contribution in [2.75, 3.05) is 0 Å². The maximum Gasteiger partial charge on any atom is 0.225 e. The van der Waals surface area contributed by atoms with Gasteiger partial charge in [-0.25, -0.2) is 4.98 Å². The van der Waals surface area contributed by atoms with Crippen molar-refractivity contribution in [2.45, 2.75) is 112 Å². The Morgan fingerprint density at radius 2 is 1.17 bits per heavy atom. The standard InChI is InChI=1S/C41H53N5O2/c1-38(2,3)36(47)45-33(40(7)19-9-20-40)31-23-30(24-42-31)28-13-11-26(12-14-28)27-15-17-29(18-16-27)32-25-43-35(44-32)34(41(8)21-10-22-41)46-37(48)39(4,5)6/h11-18,24-25,33-34H,9-10,19-23H2,1-8H3,(H,43,44)(H,45,47)(H,46,48). The van der Waals surface area contributed by atoms with Gasteiger partial charge in [0.1, 0.15) is 5.82 Å². The molecular formula is C41H53N5O2. The number of H-pyrrole nitrogens is 1. The summed E-state index contributed by atoms with van der Waals surface area (Å²) in [5.74, 6) is 0.947. The highest BCUT2D eigenvalue weighted by Gasteiger charge is 2.45. The molecule has 2 atom stereocenters. The summed E-state index contributed by atoms with van der Waals surface area (Å²) in [6.07, 6.45) is 11.4. The minimum atomic E-state index is -0.464. The highest BCUT2D eigenvalue weighted by Crippen LogP contribution is 2.50. The first-order chi connectivity index (χ1) is 22.6. The molecule has 3 aromatic rings. The van der Waals surface area contributed by atoms with Crippen LogP contribution in [-0.4, -0.2) is 33.5 Å². The average Bonchev–Trinajstić information content (AvgIpc) is 3.70. The molecule has 0 bridgehead atoms. The van der Waals surface area contributed by atoms with Gasteiger partial charge in [-0.05, 0) is 64.3 Å². The van der Waals surface area contributed by atoms with E-state index in [1.165, 1.54) is 18.4 Å². The molecule has 2 heterocycles. The van der Waals surface area contributed by atoms with E-state index in [1.54, 1.807) is 0 Å². The van der Waals surface area contributed by atoms with Crippen LogP contribution in [0.1, 0.15) is 118 Å². The lowest BCUT2D eigenvalue weighted by Crippen LogP contribution is -2.56. The van der Waals surface area contributed by atoms with E-state index in [0.29, 0.717) is 0 Å². The summed E-state index contributed by atoms with van der Waals surface area (Å²) in [4.78, 5) is 39.1. The van der Waals surface area contributed by atoms with Crippen molar-refractivity contribution in [1.29, 1.82) is 0 Å². The van der Waals surface area contributed by atoms with Crippen LogP contribution in [0.5, 0.6) is 0 Å². The van der Waals surface area contributed by atoms with Crippen LogP contribution in [-0.2, 0) is 9.59 Å². The van der Waals surface area contributed by atoms with E-state index >= 15 is 0 Å². The second-order valence-electron chi connectivity index (χ2n) is 17.1. The van der Waals surface area contributed by atoms with Crippen LogP contribution in [0.25, 0.3) is 28.0 Å². The fourth-order valence-corrected chi connectivity index (χ4v) is 7.12. The van der Waals surface area contributed by atoms with Gasteiger partial charge in [0.05, 0.1) is 24.0 Å². The van der Waals surface area contributed by atoms with E-state index in [9.17, 15) is 9.59 Å². The van der Waals surface area contributed by atoms with Crippen LogP contribution in [0.3, 0.4) is 0 Å². The Morgan fingerprint density at radius 1 is 0.708 bits per heavy atom. The number of hydrogen-bond acceptors (Lipinski definition) is 4. The number of imidazole rings is 1. The number of amides is 2. The van der Waals surface area contributed by atoms with Gasteiger partial charge in [-0.3, -0.25) is 14.6 Å². The van der Waals surface area contributed by atoms with E-state index in [0.717, 1.165) is 71.6 Å². The molecule has 2 saturated carbocycles. The number of aromatic nitrogens is 2. The predicted molar refractivity (Wildman–Crippen MR) is 195 cm³/mol. The lowest BCUT2D eigenvalue weighted by atomic mass is 9.63. The van der Waals surface area contributed by atoms with Crippen molar-refractivity contribution >= 4 is 23.1 Å². The van der Waals surface area contributed by atoms with Crippen LogP contribution < -0.4 is 10.6 Å². The zero-order chi connectivity index (χ0) is 34.5. The van der Waals surface area contributed by atoms with Gasteiger partial charge < -0.3 is 15.6 Å². The molecule has 2 amide bonds. The molecular weight excluding hydrogens is 594 g/mol. The minimum Gasteiger partial charge on any atom is -0.347 e. The van der Waals surface area contributed by atoms with Gasteiger partial charge in [-0.1, -0.05) is 117 Å². The zero-order valence-electron chi connectivity index (χ0n) is 30.1. The van der Waals surface area contributed by atoms with E-state index in [1.807, 2.05) is 53.9 Å². The summed E-state index contributed by atoms with van der Waals surface area (Å²) in [7, 11) is 0. The Hall–Kier alpha value is -4.00.